The zero-order chi connectivity index (χ0) is 25.2. The van der Waals surface area contributed by atoms with Crippen LogP contribution in [0.3, 0.4) is 0 Å². The van der Waals surface area contributed by atoms with E-state index in [2.05, 4.69) is 16.6 Å². The average Bonchev–Trinajstić information content (AvgIpc) is 3.60. The predicted octanol–water partition coefficient (Wildman–Crippen LogP) is 4.85. The van der Waals surface area contributed by atoms with E-state index in [1.165, 1.54) is 18.5 Å². The Labute approximate surface area is 202 Å². The number of nitrogens with two attached hydrogens (primary N) is 1. The van der Waals surface area contributed by atoms with Crippen molar-refractivity contribution in [3.8, 4) is 5.88 Å². The van der Waals surface area contributed by atoms with Crippen molar-refractivity contribution >= 4 is 17.8 Å². The van der Waals surface area contributed by atoms with E-state index in [1.54, 1.807) is 6.08 Å². The Morgan fingerprint density at radius 3 is 2.74 bits per heavy atom. The molecule has 2 N–H and O–H groups in total. The zero-order valence-corrected chi connectivity index (χ0v) is 19.3. The van der Waals surface area contributed by atoms with E-state index in [9.17, 15) is 18.0 Å². The van der Waals surface area contributed by atoms with E-state index in [4.69, 9.17) is 10.5 Å². The molecule has 2 aliphatic rings. The number of alkyl halides is 3. The minimum Gasteiger partial charge on any atom is -0.475 e. The lowest BCUT2D eigenvalue weighted by molar-refractivity contribution is -0.137. The first-order valence-corrected chi connectivity index (χ1v) is 11.3. The maximum atomic E-state index is 13.8. The van der Waals surface area contributed by atoms with Crippen LogP contribution in [0.5, 0.6) is 5.88 Å². The quantitative estimate of drug-likeness (QED) is 0.570. The number of amides is 1. The summed E-state index contributed by atoms with van der Waals surface area (Å²) in [6.45, 7) is 6.67. The van der Waals surface area contributed by atoms with Crippen molar-refractivity contribution in [1.82, 2.24) is 9.88 Å². The SMILES string of the molecule is C=C(/N=C\C=C/N)c1ccc(C)cc1C(=O)N1C[C@@H]2C[C@@H]2C[C@H]1COc1ccc(C(F)(F)F)cn1. The number of ether oxygens (including phenoxy) is 1. The lowest BCUT2D eigenvalue weighted by atomic mass is 9.97. The highest BCUT2D eigenvalue weighted by Crippen LogP contribution is 2.47. The van der Waals surface area contributed by atoms with Crippen LogP contribution in [0.15, 0.2) is 60.4 Å². The molecule has 2 heterocycles. The van der Waals surface area contributed by atoms with Crippen molar-refractivity contribution in [2.45, 2.75) is 32.0 Å². The van der Waals surface area contributed by atoms with Gasteiger partial charge in [-0.3, -0.25) is 9.79 Å². The van der Waals surface area contributed by atoms with Crippen LogP contribution in [-0.4, -0.2) is 41.2 Å². The summed E-state index contributed by atoms with van der Waals surface area (Å²) in [4.78, 5) is 23.6. The number of fused-ring (bicyclic) bond motifs is 1. The fraction of sp³-hybridized carbons (Fsp3) is 0.346. The Bertz CT molecular complexity index is 1160. The van der Waals surface area contributed by atoms with Gasteiger partial charge in [0, 0.05) is 36.1 Å². The van der Waals surface area contributed by atoms with Gasteiger partial charge in [-0.1, -0.05) is 24.3 Å². The number of benzene rings is 1. The van der Waals surface area contributed by atoms with Crippen molar-refractivity contribution < 1.29 is 22.7 Å². The topological polar surface area (TPSA) is 80.8 Å². The van der Waals surface area contributed by atoms with Gasteiger partial charge in [0.25, 0.3) is 5.91 Å². The number of aliphatic imine (C=N–C) groups is 1. The van der Waals surface area contributed by atoms with E-state index >= 15 is 0 Å². The van der Waals surface area contributed by atoms with Gasteiger partial charge in [-0.25, -0.2) is 4.98 Å². The zero-order valence-electron chi connectivity index (χ0n) is 19.3. The summed E-state index contributed by atoms with van der Waals surface area (Å²) in [5.41, 5.74) is 7.01. The third-order valence-electron chi connectivity index (χ3n) is 6.41. The number of piperidine rings is 1. The fourth-order valence-electron chi connectivity index (χ4n) is 4.42. The van der Waals surface area contributed by atoms with Crippen LogP contribution in [-0.2, 0) is 6.18 Å². The predicted molar refractivity (Wildman–Crippen MR) is 128 cm³/mol. The molecule has 1 aliphatic carbocycles. The minimum atomic E-state index is -4.46. The smallest absolute Gasteiger partial charge is 0.417 e. The Morgan fingerprint density at radius 1 is 1.26 bits per heavy atom. The molecule has 6 nitrogen and oxygen atoms in total. The van der Waals surface area contributed by atoms with E-state index in [0.29, 0.717) is 35.2 Å². The van der Waals surface area contributed by atoms with Gasteiger partial charge in [0.05, 0.1) is 17.3 Å². The van der Waals surface area contributed by atoms with Crippen LogP contribution < -0.4 is 10.5 Å². The number of allylic oxidation sites excluding steroid dienone is 1. The Balaban J connectivity index is 1.53. The van der Waals surface area contributed by atoms with Gasteiger partial charge in [-0.15, -0.1) is 0 Å². The molecule has 184 valence electrons. The largest absolute Gasteiger partial charge is 0.475 e. The summed E-state index contributed by atoms with van der Waals surface area (Å²) in [5.74, 6) is 0.945. The lowest BCUT2D eigenvalue weighted by Gasteiger charge is -2.35. The summed E-state index contributed by atoms with van der Waals surface area (Å²) in [6.07, 6.45) is 2.57. The van der Waals surface area contributed by atoms with Crippen molar-refractivity contribution in [3.63, 3.8) is 0 Å². The molecule has 0 bridgehead atoms. The van der Waals surface area contributed by atoms with Crippen molar-refractivity contribution in [2.75, 3.05) is 13.2 Å². The molecule has 1 saturated heterocycles. The van der Waals surface area contributed by atoms with E-state index < -0.39 is 11.7 Å². The second-order valence-electron chi connectivity index (χ2n) is 8.96. The summed E-state index contributed by atoms with van der Waals surface area (Å²) in [6, 6.07) is 7.47. The second kappa shape index (κ2) is 9.93. The third kappa shape index (κ3) is 5.72. The van der Waals surface area contributed by atoms with Gasteiger partial charge >= 0.3 is 6.18 Å². The van der Waals surface area contributed by atoms with E-state index in [0.717, 1.165) is 30.7 Å². The molecule has 35 heavy (non-hydrogen) atoms. The highest BCUT2D eigenvalue weighted by molar-refractivity contribution is 6.00. The number of rotatable bonds is 7. The summed E-state index contributed by atoms with van der Waals surface area (Å²) < 4.78 is 44.1. The van der Waals surface area contributed by atoms with E-state index in [-0.39, 0.29) is 24.4 Å². The molecule has 2 fully saturated rings. The number of halogens is 3. The first-order chi connectivity index (χ1) is 16.7. The number of likely N-dealkylation sites (tertiary alicyclic amines) is 1. The minimum absolute atomic E-state index is 0.0928. The van der Waals surface area contributed by atoms with Crippen LogP contribution in [0, 0.1) is 18.8 Å². The van der Waals surface area contributed by atoms with Crippen LogP contribution in [0.4, 0.5) is 13.2 Å². The Kier molecular flexibility index (Phi) is 6.95. The molecule has 1 aromatic carbocycles. The molecule has 0 radical (unpaired) electrons. The first-order valence-electron chi connectivity index (χ1n) is 11.3. The Hall–Kier alpha value is -3.62. The first kappa shape index (κ1) is 24.5. The number of hydrogen-bond donors (Lipinski definition) is 1. The van der Waals surface area contributed by atoms with Gasteiger partial charge in [-0.2, -0.15) is 13.2 Å². The van der Waals surface area contributed by atoms with Gasteiger partial charge in [0.2, 0.25) is 5.88 Å². The Morgan fingerprint density at radius 2 is 2.06 bits per heavy atom. The van der Waals surface area contributed by atoms with Crippen molar-refractivity contribution in [2.24, 2.45) is 22.6 Å². The van der Waals surface area contributed by atoms with Crippen LogP contribution in [0.2, 0.25) is 0 Å². The molecule has 0 unspecified atom stereocenters. The number of nitrogens with zero attached hydrogens (tertiary/aromatic N) is 3. The monoisotopic (exact) mass is 484 g/mol. The lowest BCUT2D eigenvalue weighted by Crippen LogP contribution is -2.48. The molecule has 2 aromatic rings. The number of hydrogen-bond acceptors (Lipinski definition) is 5. The van der Waals surface area contributed by atoms with Gasteiger partial charge in [0.15, 0.2) is 0 Å². The summed E-state index contributed by atoms with van der Waals surface area (Å²) >= 11 is 0. The normalized spacial score (nSPS) is 21.8. The number of carbonyl (C=O) groups is 1. The third-order valence-corrected chi connectivity index (χ3v) is 6.41. The van der Waals surface area contributed by atoms with Crippen LogP contribution in [0.1, 0.15) is 39.9 Å². The molecule has 9 heteroatoms. The maximum absolute atomic E-state index is 13.8. The number of carbonyl (C=O) groups excluding carboxylic acids is 1. The molecular formula is C26H27F3N4O2. The van der Waals surface area contributed by atoms with E-state index in [1.807, 2.05) is 30.0 Å². The summed E-state index contributed by atoms with van der Waals surface area (Å²) in [7, 11) is 0. The number of aromatic nitrogens is 1. The molecule has 1 saturated carbocycles. The number of pyridine rings is 1. The fourth-order valence-corrected chi connectivity index (χ4v) is 4.42. The molecule has 1 aliphatic heterocycles. The van der Waals surface area contributed by atoms with Crippen molar-refractivity contribution in [3.05, 3.63) is 77.6 Å². The molecular weight excluding hydrogens is 457 g/mol. The van der Waals surface area contributed by atoms with Crippen molar-refractivity contribution in [1.29, 1.82) is 0 Å². The highest BCUT2D eigenvalue weighted by atomic mass is 19.4. The molecule has 0 spiro atoms. The summed E-state index contributed by atoms with van der Waals surface area (Å²) in [5, 5.41) is 0. The van der Waals surface area contributed by atoms with Gasteiger partial charge < -0.3 is 15.4 Å². The van der Waals surface area contributed by atoms with Gasteiger partial charge in [-0.05, 0) is 56.0 Å². The molecule has 4 rings (SSSR count). The molecule has 1 aromatic heterocycles. The maximum Gasteiger partial charge on any atom is 0.417 e. The van der Waals surface area contributed by atoms with Crippen LogP contribution >= 0.6 is 0 Å². The second-order valence-corrected chi connectivity index (χ2v) is 8.96. The molecule has 3 atom stereocenters. The highest BCUT2D eigenvalue weighted by Gasteiger charge is 2.47. The molecule has 1 amide bonds. The van der Waals surface area contributed by atoms with Gasteiger partial charge in [0.1, 0.15) is 6.61 Å². The standard InChI is InChI=1S/C26H27F3N4O2/c1-16-4-6-22(17(2)31-9-3-8-30)23(10-16)25(34)33-14-19-11-18(19)12-21(33)15-35-24-7-5-20(13-32-24)26(27,28)29/h3-10,13,18-19,21H,2,11-12,14-15,30H2,1H3/b8-3-,31-9-/t18-,19+,21+/m1/s1. The average molecular weight is 485 g/mol. The van der Waals surface area contributed by atoms with Crippen LogP contribution in [0.25, 0.3) is 5.70 Å². The number of aryl methyl sites for hydroxylation is 1.